The minimum atomic E-state index is -0.319. The molecule has 2 aromatic rings. The SMILES string of the molecule is CCCn1ccc2c(OCC3OCCO3)cccc2c1=O. The predicted octanol–water partition coefficient (Wildman–Crippen LogP) is 2.16. The molecule has 0 radical (unpaired) electrons. The Morgan fingerprint density at radius 3 is 2.81 bits per heavy atom. The zero-order chi connectivity index (χ0) is 14.7. The molecule has 3 rings (SSSR count). The van der Waals surface area contributed by atoms with Gasteiger partial charge in [0.1, 0.15) is 12.4 Å². The van der Waals surface area contributed by atoms with Crippen LogP contribution in [0.2, 0.25) is 0 Å². The van der Waals surface area contributed by atoms with Crippen LogP contribution in [-0.4, -0.2) is 30.7 Å². The van der Waals surface area contributed by atoms with E-state index in [2.05, 4.69) is 6.92 Å². The van der Waals surface area contributed by atoms with E-state index < -0.39 is 0 Å². The Morgan fingerprint density at radius 2 is 2.05 bits per heavy atom. The third-order valence-corrected chi connectivity index (χ3v) is 3.51. The van der Waals surface area contributed by atoms with Crippen LogP contribution in [0, 0.1) is 0 Å². The standard InChI is InChI=1S/C16H19NO4/c1-2-7-17-8-6-12-13(16(17)18)4-3-5-14(12)21-11-15-19-9-10-20-15/h3-6,8,15H,2,7,9-11H2,1H3. The molecule has 0 N–H and O–H groups in total. The number of ether oxygens (including phenoxy) is 3. The fourth-order valence-corrected chi connectivity index (χ4v) is 2.49. The molecule has 21 heavy (non-hydrogen) atoms. The lowest BCUT2D eigenvalue weighted by molar-refractivity contribution is -0.0681. The van der Waals surface area contributed by atoms with Crippen molar-refractivity contribution in [2.45, 2.75) is 26.2 Å². The summed E-state index contributed by atoms with van der Waals surface area (Å²) < 4.78 is 18.2. The van der Waals surface area contributed by atoms with E-state index in [4.69, 9.17) is 14.2 Å². The summed E-state index contributed by atoms with van der Waals surface area (Å²) in [6.07, 6.45) is 2.43. The quantitative estimate of drug-likeness (QED) is 0.846. The average molecular weight is 289 g/mol. The van der Waals surface area contributed by atoms with Crippen molar-refractivity contribution in [2.24, 2.45) is 0 Å². The number of pyridine rings is 1. The minimum absolute atomic E-state index is 0.0215. The van der Waals surface area contributed by atoms with Crippen LogP contribution in [0.1, 0.15) is 13.3 Å². The maximum Gasteiger partial charge on any atom is 0.258 e. The first-order chi connectivity index (χ1) is 10.3. The topological polar surface area (TPSA) is 49.7 Å². The molecular weight excluding hydrogens is 270 g/mol. The number of fused-ring (bicyclic) bond motifs is 1. The molecule has 0 unspecified atom stereocenters. The van der Waals surface area contributed by atoms with Gasteiger partial charge in [-0.15, -0.1) is 0 Å². The Bertz CT molecular complexity index is 674. The molecule has 1 aromatic heterocycles. The molecule has 0 aliphatic carbocycles. The smallest absolute Gasteiger partial charge is 0.258 e. The molecule has 1 aliphatic heterocycles. The number of nitrogens with zero attached hydrogens (tertiary/aromatic N) is 1. The van der Waals surface area contributed by atoms with Crippen LogP contribution in [0.15, 0.2) is 35.3 Å². The van der Waals surface area contributed by atoms with Crippen LogP contribution in [0.4, 0.5) is 0 Å². The van der Waals surface area contributed by atoms with Crippen LogP contribution in [0.25, 0.3) is 10.8 Å². The lowest BCUT2D eigenvalue weighted by atomic mass is 10.1. The van der Waals surface area contributed by atoms with Crippen molar-refractivity contribution in [1.29, 1.82) is 0 Å². The Morgan fingerprint density at radius 1 is 1.24 bits per heavy atom. The van der Waals surface area contributed by atoms with Crippen molar-refractivity contribution in [1.82, 2.24) is 4.57 Å². The molecule has 2 heterocycles. The van der Waals surface area contributed by atoms with Gasteiger partial charge in [0.05, 0.1) is 18.6 Å². The summed E-state index contributed by atoms with van der Waals surface area (Å²) >= 11 is 0. The zero-order valence-corrected chi connectivity index (χ0v) is 12.1. The number of hydrogen-bond acceptors (Lipinski definition) is 4. The maximum atomic E-state index is 12.4. The number of rotatable bonds is 5. The molecule has 1 aromatic carbocycles. The second-order valence-electron chi connectivity index (χ2n) is 5.01. The Balaban J connectivity index is 1.88. The largest absolute Gasteiger partial charge is 0.488 e. The van der Waals surface area contributed by atoms with Crippen molar-refractivity contribution in [2.75, 3.05) is 19.8 Å². The molecule has 0 amide bonds. The molecule has 1 fully saturated rings. The monoisotopic (exact) mass is 289 g/mol. The van der Waals surface area contributed by atoms with Gasteiger partial charge in [-0.25, -0.2) is 0 Å². The van der Waals surface area contributed by atoms with Gasteiger partial charge >= 0.3 is 0 Å². The van der Waals surface area contributed by atoms with Crippen LogP contribution in [-0.2, 0) is 16.0 Å². The van der Waals surface area contributed by atoms with Gasteiger partial charge in [-0.2, -0.15) is 0 Å². The van der Waals surface area contributed by atoms with Gasteiger partial charge in [-0.3, -0.25) is 4.79 Å². The summed E-state index contributed by atoms with van der Waals surface area (Å²) in [7, 11) is 0. The summed E-state index contributed by atoms with van der Waals surface area (Å²) in [5, 5.41) is 1.50. The van der Waals surface area contributed by atoms with Crippen LogP contribution >= 0.6 is 0 Å². The van der Waals surface area contributed by atoms with E-state index in [1.54, 1.807) is 4.57 Å². The highest BCUT2D eigenvalue weighted by atomic mass is 16.7. The van der Waals surface area contributed by atoms with E-state index in [1.165, 1.54) is 0 Å². The first-order valence-corrected chi connectivity index (χ1v) is 7.28. The highest BCUT2D eigenvalue weighted by Crippen LogP contribution is 2.23. The third kappa shape index (κ3) is 2.94. The molecule has 1 saturated heterocycles. The molecule has 0 spiro atoms. The summed E-state index contributed by atoms with van der Waals surface area (Å²) in [4.78, 5) is 12.4. The van der Waals surface area contributed by atoms with Crippen molar-refractivity contribution in [3.63, 3.8) is 0 Å². The summed E-state index contributed by atoms with van der Waals surface area (Å²) in [5.74, 6) is 0.687. The van der Waals surface area contributed by atoms with Crippen LogP contribution in [0.5, 0.6) is 5.75 Å². The van der Waals surface area contributed by atoms with Crippen molar-refractivity contribution < 1.29 is 14.2 Å². The lowest BCUT2D eigenvalue weighted by Gasteiger charge is -2.13. The lowest BCUT2D eigenvalue weighted by Crippen LogP contribution is -2.20. The van der Waals surface area contributed by atoms with Gasteiger partial charge in [0.2, 0.25) is 0 Å². The molecule has 1 aliphatic rings. The zero-order valence-electron chi connectivity index (χ0n) is 12.1. The Hall–Kier alpha value is -1.85. The van der Waals surface area contributed by atoms with Crippen molar-refractivity contribution in [3.05, 3.63) is 40.8 Å². The Kier molecular flexibility index (Phi) is 4.22. The summed E-state index contributed by atoms with van der Waals surface area (Å²) in [5.41, 5.74) is 0.0215. The van der Waals surface area contributed by atoms with Gasteiger partial charge in [0.15, 0.2) is 6.29 Å². The normalized spacial score (nSPS) is 15.7. The van der Waals surface area contributed by atoms with E-state index >= 15 is 0 Å². The first kappa shape index (κ1) is 14.1. The van der Waals surface area contributed by atoms with E-state index in [0.29, 0.717) is 31.0 Å². The van der Waals surface area contributed by atoms with E-state index in [1.807, 2.05) is 30.5 Å². The highest BCUT2D eigenvalue weighted by Gasteiger charge is 2.17. The van der Waals surface area contributed by atoms with Gasteiger partial charge in [-0.1, -0.05) is 13.0 Å². The van der Waals surface area contributed by atoms with Gasteiger partial charge < -0.3 is 18.8 Å². The number of aryl methyl sites for hydroxylation is 1. The van der Waals surface area contributed by atoms with Gasteiger partial charge in [0, 0.05) is 18.1 Å². The number of benzene rings is 1. The summed E-state index contributed by atoms with van der Waals surface area (Å²) in [6, 6.07) is 7.46. The number of aromatic nitrogens is 1. The molecule has 0 saturated carbocycles. The minimum Gasteiger partial charge on any atom is -0.488 e. The first-order valence-electron chi connectivity index (χ1n) is 7.28. The molecule has 0 bridgehead atoms. The molecule has 5 nitrogen and oxygen atoms in total. The second kappa shape index (κ2) is 6.28. The maximum absolute atomic E-state index is 12.4. The Labute approximate surface area is 123 Å². The number of hydrogen-bond donors (Lipinski definition) is 0. The fraction of sp³-hybridized carbons (Fsp3) is 0.438. The van der Waals surface area contributed by atoms with E-state index in [-0.39, 0.29) is 11.8 Å². The highest BCUT2D eigenvalue weighted by molar-refractivity contribution is 5.87. The molecule has 112 valence electrons. The molecule has 5 heteroatoms. The van der Waals surface area contributed by atoms with Gasteiger partial charge in [0.25, 0.3) is 5.56 Å². The predicted molar refractivity (Wildman–Crippen MR) is 79.7 cm³/mol. The van der Waals surface area contributed by atoms with Crippen molar-refractivity contribution >= 4 is 10.8 Å². The van der Waals surface area contributed by atoms with Gasteiger partial charge in [-0.05, 0) is 24.6 Å². The van der Waals surface area contributed by atoms with Crippen LogP contribution in [0.3, 0.4) is 0 Å². The third-order valence-electron chi connectivity index (χ3n) is 3.51. The fourth-order valence-electron chi connectivity index (χ4n) is 2.49. The van der Waals surface area contributed by atoms with Crippen molar-refractivity contribution in [3.8, 4) is 5.75 Å². The van der Waals surface area contributed by atoms with E-state index in [0.717, 1.165) is 18.4 Å². The second-order valence-corrected chi connectivity index (χ2v) is 5.01. The molecular formula is C16H19NO4. The van der Waals surface area contributed by atoms with E-state index in [9.17, 15) is 4.79 Å². The summed E-state index contributed by atoms with van der Waals surface area (Å²) in [6.45, 7) is 4.31. The average Bonchev–Trinajstić information content (AvgIpc) is 3.02. The van der Waals surface area contributed by atoms with Crippen LogP contribution < -0.4 is 10.3 Å². The molecule has 0 atom stereocenters.